The van der Waals surface area contributed by atoms with Gasteiger partial charge in [-0.1, -0.05) is 13.8 Å². The maximum Gasteiger partial charge on any atom is 0.322 e. The summed E-state index contributed by atoms with van der Waals surface area (Å²) < 4.78 is 5.63. The molecule has 0 unspecified atom stereocenters. The lowest BCUT2D eigenvalue weighted by molar-refractivity contribution is 0.426. The predicted molar refractivity (Wildman–Crippen MR) is 73.8 cm³/mol. The van der Waals surface area contributed by atoms with Gasteiger partial charge in [-0.15, -0.1) is 0 Å². The molecule has 0 bridgehead atoms. The molecule has 19 heavy (non-hydrogen) atoms. The zero-order valence-corrected chi connectivity index (χ0v) is 11.6. The molecule has 0 aliphatic rings. The summed E-state index contributed by atoms with van der Waals surface area (Å²) in [6, 6.07) is 7.32. The number of nitrogens with zero attached hydrogens (tertiary/aromatic N) is 2. The fourth-order valence-electron chi connectivity index (χ4n) is 1.80. The quantitative estimate of drug-likeness (QED) is 0.911. The van der Waals surface area contributed by atoms with Crippen LogP contribution in [0.25, 0.3) is 0 Å². The second kappa shape index (κ2) is 5.26. The predicted octanol–water partition coefficient (Wildman–Crippen LogP) is 3.71. The zero-order chi connectivity index (χ0) is 14.0. The first-order valence-corrected chi connectivity index (χ1v) is 6.28. The summed E-state index contributed by atoms with van der Waals surface area (Å²) in [5.41, 5.74) is 2.73. The van der Waals surface area contributed by atoms with Crippen LogP contribution in [0, 0.1) is 13.8 Å². The molecule has 1 N–H and O–H groups in total. The van der Waals surface area contributed by atoms with Crippen molar-refractivity contribution < 1.29 is 9.84 Å². The van der Waals surface area contributed by atoms with E-state index in [2.05, 4.69) is 23.8 Å². The number of aromatic nitrogens is 2. The summed E-state index contributed by atoms with van der Waals surface area (Å²) in [4.78, 5) is 8.63. The number of rotatable bonds is 3. The van der Waals surface area contributed by atoms with Crippen LogP contribution in [0.3, 0.4) is 0 Å². The number of aromatic hydroxyl groups is 1. The van der Waals surface area contributed by atoms with Crippen LogP contribution < -0.4 is 4.74 Å². The van der Waals surface area contributed by atoms with Crippen LogP contribution in [-0.2, 0) is 0 Å². The SMILES string of the molecule is Cc1cc(O)cc(Oc2nc(C)cc(C(C)C)n2)c1. The van der Waals surface area contributed by atoms with E-state index >= 15 is 0 Å². The largest absolute Gasteiger partial charge is 0.508 e. The van der Waals surface area contributed by atoms with Gasteiger partial charge in [-0.3, -0.25) is 0 Å². The minimum atomic E-state index is 0.173. The fraction of sp³-hybridized carbons (Fsp3) is 0.333. The van der Waals surface area contributed by atoms with E-state index in [9.17, 15) is 5.11 Å². The van der Waals surface area contributed by atoms with E-state index in [-0.39, 0.29) is 5.75 Å². The molecule has 4 heteroatoms. The van der Waals surface area contributed by atoms with E-state index in [1.807, 2.05) is 26.0 Å². The Kier molecular flexibility index (Phi) is 3.69. The van der Waals surface area contributed by atoms with Gasteiger partial charge in [0.25, 0.3) is 0 Å². The molecule has 0 saturated heterocycles. The Morgan fingerprint density at radius 1 is 1.05 bits per heavy atom. The van der Waals surface area contributed by atoms with Gasteiger partial charge in [-0.05, 0) is 43.5 Å². The maximum absolute atomic E-state index is 9.55. The Hall–Kier alpha value is -2.10. The second-order valence-electron chi connectivity index (χ2n) is 4.98. The summed E-state index contributed by atoms with van der Waals surface area (Å²) in [6.45, 7) is 7.95. The molecule has 0 saturated carbocycles. The summed E-state index contributed by atoms with van der Waals surface area (Å²) >= 11 is 0. The summed E-state index contributed by atoms with van der Waals surface area (Å²) in [6.07, 6.45) is 0. The molecule has 4 nitrogen and oxygen atoms in total. The second-order valence-corrected chi connectivity index (χ2v) is 4.98. The van der Waals surface area contributed by atoms with Crippen LogP contribution in [-0.4, -0.2) is 15.1 Å². The molecule has 0 atom stereocenters. The van der Waals surface area contributed by atoms with Crippen LogP contribution in [0.5, 0.6) is 17.5 Å². The van der Waals surface area contributed by atoms with E-state index in [0.717, 1.165) is 17.0 Å². The van der Waals surface area contributed by atoms with Gasteiger partial charge in [0.1, 0.15) is 11.5 Å². The average molecular weight is 258 g/mol. The smallest absolute Gasteiger partial charge is 0.322 e. The molecular weight excluding hydrogens is 240 g/mol. The molecule has 1 aromatic carbocycles. The molecular formula is C15H18N2O2. The highest BCUT2D eigenvalue weighted by Gasteiger charge is 2.08. The van der Waals surface area contributed by atoms with Crippen LogP contribution in [0.4, 0.5) is 0 Å². The molecule has 1 aromatic heterocycles. The van der Waals surface area contributed by atoms with Gasteiger partial charge in [0, 0.05) is 11.8 Å². The summed E-state index contributed by atoms with van der Waals surface area (Å²) in [5, 5.41) is 9.55. The van der Waals surface area contributed by atoms with E-state index in [1.165, 1.54) is 0 Å². The lowest BCUT2D eigenvalue weighted by atomic mass is 10.1. The van der Waals surface area contributed by atoms with Crippen molar-refractivity contribution in [1.29, 1.82) is 0 Å². The topological polar surface area (TPSA) is 55.2 Å². The van der Waals surface area contributed by atoms with Crippen molar-refractivity contribution in [2.75, 3.05) is 0 Å². The molecule has 1 heterocycles. The van der Waals surface area contributed by atoms with Crippen molar-refractivity contribution in [3.8, 4) is 17.5 Å². The van der Waals surface area contributed by atoms with Crippen LogP contribution >= 0.6 is 0 Å². The Bertz CT molecular complexity index is 574. The molecule has 0 fully saturated rings. The first-order chi connectivity index (χ1) is 8.94. The van der Waals surface area contributed by atoms with Gasteiger partial charge in [-0.2, -0.15) is 4.98 Å². The first-order valence-electron chi connectivity index (χ1n) is 6.28. The minimum absolute atomic E-state index is 0.173. The van der Waals surface area contributed by atoms with Crippen molar-refractivity contribution in [1.82, 2.24) is 9.97 Å². The van der Waals surface area contributed by atoms with Crippen molar-refractivity contribution in [2.45, 2.75) is 33.6 Å². The molecule has 2 aromatic rings. The van der Waals surface area contributed by atoms with Gasteiger partial charge in [0.15, 0.2) is 0 Å². The van der Waals surface area contributed by atoms with Gasteiger partial charge in [0.2, 0.25) is 0 Å². The monoisotopic (exact) mass is 258 g/mol. The number of hydrogen-bond acceptors (Lipinski definition) is 4. The number of aryl methyl sites for hydroxylation is 2. The van der Waals surface area contributed by atoms with Crippen molar-refractivity contribution >= 4 is 0 Å². The average Bonchev–Trinajstić information content (AvgIpc) is 2.26. The number of ether oxygens (including phenoxy) is 1. The number of phenols is 1. The van der Waals surface area contributed by atoms with Crippen LogP contribution in [0.1, 0.15) is 36.7 Å². The van der Waals surface area contributed by atoms with Crippen molar-refractivity contribution in [3.05, 3.63) is 41.2 Å². The lowest BCUT2D eigenvalue weighted by Crippen LogP contribution is -2.00. The van der Waals surface area contributed by atoms with E-state index in [4.69, 9.17) is 4.74 Å². The highest BCUT2D eigenvalue weighted by Crippen LogP contribution is 2.25. The highest BCUT2D eigenvalue weighted by atomic mass is 16.5. The van der Waals surface area contributed by atoms with Crippen molar-refractivity contribution in [3.63, 3.8) is 0 Å². The molecule has 0 spiro atoms. The van der Waals surface area contributed by atoms with Gasteiger partial charge in [-0.25, -0.2) is 4.98 Å². The van der Waals surface area contributed by atoms with Crippen LogP contribution in [0.2, 0.25) is 0 Å². The minimum Gasteiger partial charge on any atom is -0.508 e. The standard InChI is InChI=1S/C15H18N2O2/c1-9(2)14-7-11(4)16-15(17-14)19-13-6-10(3)5-12(18)8-13/h5-9,18H,1-4H3. The molecule has 0 radical (unpaired) electrons. The first kappa shape index (κ1) is 13.3. The molecule has 0 aliphatic carbocycles. The zero-order valence-electron chi connectivity index (χ0n) is 11.6. The number of phenolic OH excluding ortho intramolecular Hbond substituents is 1. The maximum atomic E-state index is 9.55. The Balaban J connectivity index is 2.32. The van der Waals surface area contributed by atoms with Crippen LogP contribution in [0.15, 0.2) is 24.3 Å². The Morgan fingerprint density at radius 2 is 1.79 bits per heavy atom. The van der Waals surface area contributed by atoms with E-state index in [1.54, 1.807) is 12.1 Å². The van der Waals surface area contributed by atoms with Gasteiger partial charge < -0.3 is 9.84 Å². The normalized spacial score (nSPS) is 10.8. The summed E-state index contributed by atoms with van der Waals surface area (Å²) in [5.74, 6) is 1.03. The Morgan fingerprint density at radius 3 is 2.42 bits per heavy atom. The number of hydrogen-bond donors (Lipinski definition) is 1. The molecule has 0 amide bonds. The van der Waals surface area contributed by atoms with E-state index in [0.29, 0.717) is 17.7 Å². The highest BCUT2D eigenvalue weighted by molar-refractivity contribution is 5.38. The summed E-state index contributed by atoms with van der Waals surface area (Å²) in [7, 11) is 0. The van der Waals surface area contributed by atoms with Gasteiger partial charge >= 0.3 is 6.01 Å². The Labute approximate surface area is 113 Å². The third-order valence-corrected chi connectivity index (χ3v) is 2.69. The molecule has 2 rings (SSSR count). The molecule has 0 aliphatic heterocycles. The van der Waals surface area contributed by atoms with Crippen molar-refractivity contribution in [2.24, 2.45) is 0 Å². The molecule has 100 valence electrons. The third-order valence-electron chi connectivity index (χ3n) is 2.69. The van der Waals surface area contributed by atoms with Gasteiger partial charge in [0.05, 0.1) is 5.69 Å². The fourth-order valence-corrected chi connectivity index (χ4v) is 1.80. The number of benzene rings is 1. The third kappa shape index (κ3) is 3.44. The van der Waals surface area contributed by atoms with E-state index < -0.39 is 0 Å². The lowest BCUT2D eigenvalue weighted by Gasteiger charge is -2.10.